The fourth-order valence-corrected chi connectivity index (χ4v) is 1.89. The number of H-pyrrole nitrogens is 1. The molecule has 1 aromatic carbocycles. The number of nitrogens with zero attached hydrogens (tertiary/aromatic N) is 2. The first-order valence-electron chi connectivity index (χ1n) is 6.27. The second kappa shape index (κ2) is 4.91. The summed E-state index contributed by atoms with van der Waals surface area (Å²) in [6, 6.07) is 6.25. The van der Waals surface area contributed by atoms with E-state index in [-0.39, 0.29) is 11.4 Å². The predicted molar refractivity (Wildman–Crippen MR) is 75.0 cm³/mol. The molecule has 0 saturated carbocycles. The fourth-order valence-electron chi connectivity index (χ4n) is 1.89. The summed E-state index contributed by atoms with van der Waals surface area (Å²) in [7, 11) is 0. The minimum absolute atomic E-state index is 0.0312. The van der Waals surface area contributed by atoms with Gasteiger partial charge >= 0.3 is 0 Å². The number of rotatable bonds is 3. The smallest absolute Gasteiger partial charge is 0.239 e. The summed E-state index contributed by atoms with van der Waals surface area (Å²) in [5, 5.41) is 6.52. The third-order valence-corrected chi connectivity index (χ3v) is 2.86. The highest BCUT2D eigenvalue weighted by molar-refractivity contribution is 5.41. The van der Waals surface area contributed by atoms with Gasteiger partial charge in [0, 0.05) is 0 Å². The van der Waals surface area contributed by atoms with Gasteiger partial charge in [-0.3, -0.25) is 5.10 Å². The van der Waals surface area contributed by atoms with E-state index in [0.717, 1.165) is 5.75 Å². The molecule has 5 heteroatoms. The van der Waals surface area contributed by atoms with Crippen LogP contribution in [0, 0.1) is 6.92 Å². The lowest BCUT2D eigenvalue weighted by Gasteiger charge is -2.23. The minimum atomic E-state index is 0.0312. The highest BCUT2D eigenvalue weighted by Crippen LogP contribution is 2.32. The van der Waals surface area contributed by atoms with E-state index in [9.17, 15) is 0 Å². The summed E-state index contributed by atoms with van der Waals surface area (Å²) in [5.74, 6) is 1.74. The Morgan fingerprint density at radius 2 is 2.05 bits per heavy atom. The van der Waals surface area contributed by atoms with Gasteiger partial charge in [-0.15, -0.1) is 5.10 Å². The molecule has 0 aliphatic carbocycles. The zero-order valence-electron chi connectivity index (χ0n) is 11.8. The minimum Gasteiger partial charge on any atom is -0.485 e. The van der Waals surface area contributed by atoms with Crippen LogP contribution < -0.4 is 10.5 Å². The van der Waals surface area contributed by atoms with Crippen LogP contribution in [0.1, 0.15) is 37.7 Å². The molecule has 0 saturated heterocycles. The van der Waals surface area contributed by atoms with Crippen molar-refractivity contribution in [3.8, 4) is 5.75 Å². The predicted octanol–water partition coefficient (Wildman–Crippen LogP) is 2.57. The van der Waals surface area contributed by atoms with Crippen LogP contribution in [0.25, 0.3) is 0 Å². The van der Waals surface area contributed by atoms with Crippen molar-refractivity contribution in [3.63, 3.8) is 0 Å². The lowest BCUT2D eigenvalue weighted by Crippen LogP contribution is -2.13. The zero-order chi connectivity index (χ0) is 14.0. The van der Waals surface area contributed by atoms with E-state index in [0.29, 0.717) is 12.4 Å². The van der Waals surface area contributed by atoms with Crippen LogP contribution >= 0.6 is 0 Å². The van der Waals surface area contributed by atoms with E-state index in [1.54, 1.807) is 0 Å². The molecule has 19 heavy (non-hydrogen) atoms. The van der Waals surface area contributed by atoms with Gasteiger partial charge in [0.15, 0.2) is 5.82 Å². The second-order valence-corrected chi connectivity index (χ2v) is 5.68. The first-order valence-corrected chi connectivity index (χ1v) is 6.27. The molecule has 0 fully saturated rings. The Balaban J connectivity index is 2.21. The number of aromatic nitrogens is 3. The third kappa shape index (κ3) is 3.24. The zero-order valence-corrected chi connectivity index (χ0v) is 11.8. The van der Waals surface area contributed by atoms with Gasteiger partial charge in [-0.05, 0) is 29.5 Å². The van der Waals surface area contributed by atoms with Crippen LogP contribution in [0.5, 0.6) is 5.75 Å². The molecule has 1 aromatic heterocycles. The van der Waals surface area contributed by atoms with Crippen molar-refractivity contribution in [1.82, 2.24) is 15.2 Å². The largest absolute Gasteiger partial charge is 0.485 e. The van der Waals surface area contributed by atoms with E-state index in [1.165, 1.54) is 11.1 Å². The quantitative estimate of drug-likeness (QED) is 0.889. The van der Waals surface area contributed by atoms with E-state index in [4.69, 9.17) is 10.5 Å². The van der Waals surface area contributed by atoms with Crippen molar-refractivity contribution in [1.29, 1.82) is 0 Å². The highest BCUT2D eigenvalue weighted by Gasteiger charge is 2.19. The maximum absolute atomic E-state index is 5.85. The first-order chi connectivity index (χ1) is 8.86. The summed E-state index contributed by atoms with van der Waals surface area (Å²) >= 11 is 0. The van der Waals surface area contributed by atoms with Crippen LogP contribution in [0.15, 0.2) is 18.2 Å². The summed E-state index contributed by atoms with van der Waals surface area (Å²) in [4.78, 5) is 4.03. The molecule has 0 bridgehead atoms. The fraction of sp³-hybridized carbons (Fsp3) is 0.429. The molecule has 0 radical (unpaired) electrons. The average Bonchev–Trinajstić information content (AvgIpc) is 2.71. The number of nitrogens with one attached hydrogen (secondary N) is 1. The molecule has 0 atom stereocenters. The van der Waals surface area contributed by atoms with Crippen molar-refractivity contribution in [2.24, 2.45) is 0 Å². The maximum atomic E-state index is 5.85. The number of nitrogen functional groups attached to an aromatic ring is 1. The second-order valence-electron chi connectivity index (χ2n) is 5.68. The number of hydrogen-bond acceptors (Lipinski definition) is 4. The van der Waals surface area contributed by atoms with Crippen LogP contribution in [-0.4, -0.2) is 15.2 Å². The molecule has 0 aliphatic rings. The molecule has 0 amide bonds. The molecule has 102 valence electrons. The van der Waals surface area contributed by atoms with Crippen molar-refractivity contribution in [2.45, 2.75) is 39.7 Å². The van der Waals surface area contributed by atoms with Crippen LogP contribution in [0.2, 0.25) is 0 Å². The van der Waals surface area contributed by atoms with Crippen molar-refractivity contribution < 1.29 is 4.74 Å². The lowest BCUT2D eigenvalue weighted by atomic mass is 9.86. The van der Waals surface area contributed by atoms with Gasteiger partial charge in [0.25, 0.3) is 0 Å². The number of aryl methyl sites for hydroxylation is 1. The molecule has 5 nitrogen and oxygen atoms in total. The van der Waals surface area contributed by atoms with Gasteiger partial charge in [-0.2, -0.15) is 4.98 Å². The number of benzene rings is 1. The SMILES string of the molecule is Cc1ccc(C(C)(C)C)c(OCc2nc(N)n[nH]2)c1. The average molecular weight is 260 g/mol. The Bertz CT molecular complexity index is 569. The van der Waals surface area contributed by atoms with Gasteiger partial charge in [0.2, 0.25) is 5.95 Å². The number of aromatic amines is 1. The van der Waals surface area contributed by atoms with Crippen molar-refractivity contribution in [3.05, 3.63) is 35.2 Å². The number of nitrogens with two attached hydrogens (primary N) is 1. The summed E-state index contributed by atoms with van der Waals surface area (Å²) in [5.41, 5.74) is 7.83. The Hall–Kier alpha value is -2.04. The topological polar surface area (TPSA) is 76.8 Å². The van der Waals surface area contributed by atoms with Crippen molar-refractivity contribution >= 4 is 5.95 Å². The van der Waals surface area contributed by atoms with Gasteiger partial charge in [-0.1, -0.05) is 32.9 Å². The summed E-state index contributed by atoms with van der Waals surface area (Å²) in [6.45, 7) is 8.87. The van der Waals surface area contributed by atoms with Crippen molar-refractivity contribution in [2.75, 3.05) is 5.73 Å². The Kier molecular flexibility index (Phi) is 3.46. The number of hydrogen-bond donors (Lipinski definition) is 2. The highest BCUT2D eigenvalue weighted by atomic mass is 16.5. The molecular weight excluding hydrogens is 240 g/mol. The summed E-state index contributed by atoms with van der Waals surface area (Å²) < 4.78 is 5.85. The number of anilines is 1. The van der Waals surface area contributed by atoms with E-state index in [1.807, 2.05) is 13.0 Å². The molecular formula is C14H20N4O. The van der Waals surface area contributed by atoms with E-state index >= 15 is 0 Å². The Morgan fingerprint density at radius 3 is 2.63 bits per heavy atom. The normalized spacial score (nSPS) is 11.6. The van der Waals surface area contributed by atoms with Crippen LogP contribution in [-0.2, 0) is 12.0 Å². The monoisotopic (exact) mass is 260 g/mol. The van der Waals surface area contributed by atoms with E-state index < -0.39 is 0 Å². The van der Waals surface area contributed by atoms with Gasteiger partial charge in [0.05, 0.1) is 0 Å². The van der Waals surface area contributed by atoms with Gasteiger partial charge in [-0.25, -0.2) is 0 Å². The first kappa shape index (κ1) is 13.4. The number of ether oxygens (including phenoxy) is 1. The molecule has 2 aromatic rings. The molecule has 0 unspecified atom stereocenters. The Morgan fingerprint density at radius 1 is 1.32 bits per heavy atom. The van der Waals surface area contributed by atoms with Gasteiger partial charge in [0.1, 0.15) is 12.4 Å². The molecule has 2 rings (SSSR count). The lowest BCUT2D eigenvalue weighted by molar-refractivity contribution is 0.288. The molecule has 1 heterocycles. The molecule has 0 spiro atoms. The standard InChI is InChI=1S/C14H20N4O/c1-9-5-6-10(14(2,3)4)11(7-9)19-8-12-16-13(15)18-17-12/h5-7H,8H2,1-4H3,(H3,15,16,17,18). The molecule has 3 N–H and O–H groups in total. The summed E-state index contributed by atoms with van der Waals surface area (Å²) in [6.07, 6.45) is 0. The molecule has 0 aliphatic heterocycles. The van der Waals surface area contributed by atoms with Gasteiger partial charge < -0.3 is 10.5 Å². The van der Waals surface area contributed by atoms with Crippen LogP contribution in [0.3, 0.4) is 0 Å². The maximum Gasteiger partial charge on any atom is 0.239 e. The van der Waals surface area contributed by atoms with E-state index in [2.05, 4.69) is 48.1 Å². The third-order valence-electron chi connectivity index (χ3n) is 2.86. The van der Waals surface area contributed by atoms with Crippen LogP contribution in [0.4, 0.5) is 5.95 Å². The Labute approximate surface area is 113 Å².